The lowest BCUT2D eigenvalue weighted by molar-refractivity contribution is -0.135. The number of hydrogen-bond donors (Lipinski definition) is 2. The monoisotopic (exact) mass is 426 g/mol. The molecule has 0 aliphatic heterocycles. The number of nitrogens with one attached hydrogen (secondary N) is 1. The summed E-state index contributed by atoms with van der Waals surface area (Å²) >= 11 is 2.23. The molecule has 0 bridgehead atoms. The molecular weight excluding hydrogens is 403 g/mol. The van der Waals surface area contributed by atoms with Gasteiger partial charge in [0.25, 0.3) is 0 Å². The molecule has 2 aliphatic rings. The zero-order valence-corrected chi connectivity index (χ0v) is 15.5. The van der Waals surface area contributed by atoms with E-state index in [1.54, 1.807) is 0 Å². The Morgan fingerprint density at radius 3 is 2.43 bits per heavy atom. The number of benzene rings is 1. The summed E-state index contributed by atoms with van der Waals surface area (Å²) in [7, 11) is 0. The molecule has 0 aromatic heterocycles. The van der Waals surface area contributed by atoms with Crippen LogP contribution in [0.2, 0.25) is 0 Å². The Balaban J connectivity index is 1.82. The van der Waals surface area contributed by atoms with Crippen LogP contribution in [0.4, 0.5) is 5.69 Å². The molecule has 23 heavy (non-hydrogen) atoms. The van der Waals surface area contributed by atoms with E-state index in [1.165, 1.54) is 0 Å². The van der Waals surface area contributed by atoms with Gasteiger partial charge in [-0.05, 0) is 83.9 Å². The molecule has 0 radical (unpaired) electrons. The lowest BCUT2D eigenvalue weighted by atomic mass is 9.65. The predicted octanol–water partition coefficient (Wildman–Crippen LogP) is 3.55. The lowest BCUT2D eigenvalue weighted by Crippen LogP contribution is -2.46. The van der Waals surface area contributed by atoms with Crippen molar-refractivity contribution in [2.24, 2.45) is 28.9 Å². The van der Waals surface area contributed by atoms with E-state index in [-0.39, 0.29) is 35.0 Å². The summed E-state index contributed by atoms with van der Waals surface area (Å²) in [6, 6.07) is 7.72. The SMILES string of the molecule is CC1(C2CCCC(C(N)=O)C2C(=O)Nc2ccc(I)cc2)CC1. The van der Waals surface area contributed by atoms with Gasteiger partial charge in [0.2, 0.25) is 11.8 Å². The van der Waals surface area contributed by atoms with E-state index in [0.717, 1.165) is 41.4 Å². The highest BCUT2D eigenvalue weighted by Crippen LogP contribution is 2.58. The van der Waals surface area contributed by atoms with Crippen molar-refractivity contribution in [3.63, 3.8) is 0 Å². The van der Waals surface area contributed by atoms with E-state index in [2.05, 4.69) is 34.8 Å². The molecule has 2 amide bonds. The number of carbonyl (C=O) groups excluding carboxylic acids is 2. The van der Waals surface area contributed by atoms with Gasteiger partial charge in [0, 0.05) is 15.2 Å². The summed E-state index contributed by atoms with van der Waals surface area (Å²) in [5, 5.41) is 3.00. The van der Waals surface area contributed by atoms with Crippen LogP contribution in [-0.4, -0.2) is 11.8 Å². The summed E-state index contributed by atoms with van der Waals surface area (Å²) in [6.45, 7) is 2.24. The third kappa shape index (κ3) is 3.54. The van der Waals surface area contributed by atoms with E-state index >= 15 is 0 Å². The van der Waals surface area contributed by atoms with Gasteiger partial charge in [0.05, 0.1) is 5.92 Å². The normalized spacial score (nSPS) is 28.9. The second-order valence-corrected chi connectivity index (χ2v) is 8.47. The fourth-order valence-electron chi connectivity index (χ4n) is 3.99. The number of carbonyl (C=O) groups is 2. The minimum Gasteiger partial charge on any atom is -0.369 e. The fraction of sp³-hybridized carbons (Fsp3) is 0.556. The first-order chi connectivity index (χ1) is 10.9. The topological polar surface area (TPSA) is 72.2 Å². The standard InChI is InChI=1S/C18H23IN2O2/c1-18(9-10-18)14-4-2-3-13(16(20)22)15(14)17(23)21-12-7-5-11(19)6-8-12/h5-8,13-15H,2-4,9-10H2,1H3,(H2,20,22)(H,21,23). The second-order valence-electron chi connectivity index (χ2n) is 7.22. The van der Waals surface area contributed by atoms with Crippen LogP contribution >= 0.6 is 22.6 Å². The van der Waals surface area contributed by atoms with Gasteiger partial charge in [0.1, 0.15) is 0 Å². The smallest absolute Gasteiger partial charge is 0.228 e. The van der Waals surface area contributed by atoms with E-state index in [9.17, 15) is 9.59 Å². The highest BCUT2D eigenvalue weighted by atomic mass is 127. The van der Waals surface area contributed by atoms with Crippen molar-refractivity contribution in [1.82, 2.24) is 0 Å². The molecule has 5 heteroatoms. The van der Waals surface area contributed by atoms with Crippen LogP contribution in [0.1, 0.15) is 39.0 Å². The highest BCUT2D eigenvalue weighted by Gasteiger charge is 2.53. The number of nitrogens with two attached hydrogens (primary N) is 1. The maximum absolute atomic E-state index is 12.9. The molecule has 0 spiro atoms. The van der Waals surface area contributed by atoms with Gasteiger partial charge < -0.3 is 11.1 Å². The summed E-state index contributed by atoms with van der Waals surface area (Å²) in [6.07, 6.45) is 5.03. The molecule has 0 saturated heterocycles. The van der Waals surface area contributed by atoms with Crippen molar-refractivity contribution in [3.05, 3.63) is 27.8 Å². The molecular formula is C18H23IN2O2. The molecule has 3 N–H and O–H groups in total. The molecule has 0 heterocycles. The van der Waals surface area contributed by atoms with Crippen LogP contribution in [0.15, 0.2) is 24.3 Å². The van der Waals surface area contributed by atoms with Crippen LogP contribution in [0.25, 0.3) is 0 Å². The molecule has 2 aliphatic carbocycles. The van der Waals surface area contributed by atoms with E-state index in [1.807, 2.05) is 24.3 Å². The summed E-state index contributed by atoms with van der Waals surface area (Å²) in [5.74, 6) is -0.754. The molecule has 1 aromatic rings. The number of amides is 2. The number of halogens is 1. The first-order valence-electron chi connectivity index (χ1n) is 8.26. The molecule has 2 fully saturated rings. The van der Waals surface area contributed by atoms with Gasteiger partial charge in [-0.15, -0.1) is 0 Å². The third-order valence-corrected chi connectivity index (χ3v) is 6.33. The quantitative estimate of drug-likeness (QED) is 0.723. The van der Waals surface area contributed by atoms with Crippen molar-refractivity contribution >= 4 is 40.1 Å². The fourth-order valence-corrected chi connectivity index (χ4v) is 4.35. The van der Waals surface area contributed by atoms with Crippen LogP contribution in [0.5, 0.6) is 0 Å². The predicted molar refractivity (Wildman–Crippen MR) is 98.6 cm³/mol. The van der Waals surface area contributed by atoms with Gasteiger partial charge in [0.15, 0.2) is 0 Å². The van der Waals surface area contributed by atoms with Crippen molar-refractivity contribution in [2.45, 2.75) is 39.0 Å². The molecule has 4 nitrogen and oxygen atoms in total. The van der Waals surface area contributed by atoms with Gasteiger partial charge in [-0.25, -0.2) is 0 Å². The second kappa shape index (κ2) is 6.42. The number of primary amides is 1. The number of anilines is 1. The maximum atomic E-state index is 12.9. The Bertz CT molecular complexity index is 610. The van der Waals surface area contributed by atoms with Crippen molar-refractivity contribution in [1.29, 1.82) is 0 Å². The van der Waals surface area contributed by atoms with Crippen LogP contribution in [-0.2, 0) is 9.59 Å². The molecule has 3 unspecified atom stereocenters. The van der Waals surface area contributed by atoms with E-state index in [0.29, 0.717) is 0 Å². The Kier molecular flexibility index (Phi) is 4.67. The average molecular weight is 426 g/mol. The maximum Gasteiger partial charge on any atom is 0.228 e. The Morgan fingerprint density at radius 2 is 1.87 bits per heavy atom. The average Bonchev–Trinajstić information content (AvgIpc) is 3.27. The van der Waals surface area contributed by atoms with Gasteiger partial charge >= 0.3 is 0 Å². The Hall–Kier alpha value is -1.11. The minimum absolute atomic E-state index is 0.0483. The number of rotatable bonds is 4. The van der Waals surface area contributed by atoms with Crippen molar-refractivity contribution in [2.75, 3.05) is 5.32 Å². The first-order valence-corrected chi connectivity index (χ1v) is 9.34. The van der Waals surface area contributed by atoms with Crippen LogP contribution in [0, 0.1) is 26.7 Å². The van der Waals surface area contributed by atoms with Crippen LogP contribution in [0.3, 0.4) is 0 Å². The third-order valence-electron chi connectivity index (χ3n) is 5.61. The van der Waals surface area contributed by atoms with E-state index in [4.69, 9.17) is 5.73 Å². The number of hydrogen-bond acceptors (Lipinski definition) is 2. The van der Waals surface area contributed by atoms with Crippen molar-refractivity contribution in [3.8, 4) is 0 Å². The van der Waals surface area contributed by atoms with Crippen LogP contribution < -0.4 is 11.1 Å². The largest absolute Gasteiger partial charge is 0.369 e. The Morgan fingerprint density at radius 1 is 1.22 bits per heavy atom. The zero-order valence-electron chi connectivity index (χ0n) is 13.3. The summed E-state index contributed by atoms with van der Waals surface area (Å²) < 4.78 is 1.12. The summed E-state index contributed by atoms with van der Waals surface area (Å²) in [4.78, 5) is 24.8. The minimum atomic E-state index is -0.338. The van der Waals surface area contributed by atoms with Crippen molar-refractivity contribution < 1.29 is 9.59 Å². The Labute approximate surface area is 150 Å². The molecule has 1 aromatic carbocycles. The molecule has 3 rings (SSSR count). The van der Waals surface area contributed by atoms with Gasteiger partial charge in [-0.2, -0.15) is 0 Å². The zero-order chi connectivity index (χ0) is 16.6. The van der Waals surface area contributed by atoms with E-state index < -0.39 is 0 Å². The highest BCUT2D eigenvalue weighted by molar-refractivity contribution is 14.1. The summed E-state index contributed by atoms with van der Waals surface area (Å²) in [5.41, 5.74) is 6.61. The first kappa shape index (κ1) is 16.7. The lowest BCUT2D eigenvalue weighted by Gasteiger charge is -2.39. The molecule has 124 valence electrons. The molecule has 3 atom stereocenters. The molecule has 2 saturated carbocycles. The van der Waals surface area contributed by atoms with Gasteiger partial charge in [-0.3, -0.25) is 9.59 Å². The van der Waals surface area contributed by atoms with Gasteiger partial charge in [-0.1, -0.05) is 13.3 Å².